The second kappa shape index (κ2) is 8.33. The normalized spacial score (nSPS) is 14.5. The van der Waals surface area contributed by atoms with Crippen molar-refractivity contribution in [2.75, 3.05) is 5.32 Å². The standard InChI is InChI=1S/C22H25NO5/c1-13-10-16(23-21(25)22(26)27)11-14(2)20(13)28-17-8-9-19(24)18(12-17)15-6-4-3-5-7-15/h8-12,15,24H,3-7H2,1-2H3,(H,23,25)(H,26,27). The summed E-state index contributed by atoms with van der Waals surface area (Å²) in [6, 6.07) is 8.66. The van der Waals surface area contributed by atoms with Crippen molar-refractivity contribution in [2.45, 2.75) is 51.9 Å². The lowest BCUT2D eigenvalue weighted by atomic mass is 9.83. The molecule has 0 spiro atoms. The van der Waals surface area contributed by atoms with E-state index in [1.165, 1.54) is 19.3 Å². The van der Waals surface area contributed by atoms with Crippen LogP contribution in [-0.4, -0.2) is 22.1 Å². The number of hydrogen-bond acceptors (Lipinski definition) is 4. The Balaban J connectivity index is 1.83. The molecule has 1 saturated carbocycles. The minimum atomic E-state index is -1.53. The van der Waals surface area contributed by atoms with Gasteiger partial charge in [0.1, 0.15) is 17.2 Å². The minimum absolute atomic E-state index is 0.305. The Morgan fingerprint density at radius 1 is 1.04 bits per heavy atom. The zero-order chi connectivity index (χ0) is 20.3. The number of hydrogen-bond donors (Lipinski definition) is 3. The Morgan fingerprint density at radius 3 is 2.29 bits per heavy atom. The molecule has 0 radical (unpaired) electrons. The van der Waals surface area contributed by atoms with Gasteiger partial charge in [0.2, 0.25) is 0 Å². The number of benzene rings is 2. The molecular formula is C22H25NO5. The summed E-state index contributed by atoms with van der Waals surface area (Å²) in [5.74, 6) is -0.661. The topological polar surface area (TPSA) is 95.9 Å². The lowest BCUT2D eigenvalue weighted by Gasteiger charge is -2.23. The Bertz CT molecular complexity index is 877. The molecule has 3 rings (SSSR count). The van der Waals surface area contributed by atoms with Gasteiger partial charge < -0.3 is 20.3 Å². The van der Waals surface area contributed by atoms with Crippen molar-refractivity contribution in [3.63, 3.8) is 0 Å². The molecule has 2 aromatic rings. The van der Waals surface area contributed by atoms with E-state index in [9.17, 15) is 14.7 Å². The highest BCUT2D eigenvalue weighted by atomic mass is 16.5. The lowest BCUT2D eigenvalue weighted by molar-refractivity contribution is -0.147. The molecule has 3 N–H and O–H groups in total. The third-order valence-corrected chi connectivity index (χ3v) is 5.18. The molecule has 0 aliphatic heterocycles. The van der Waals surface area contributed by atoms with Crippen molar-refractivity contribution in [3.05, 3.63) is 47.0 Å². The average Bonchev–Trinajstić information content (AvgIpc) is 2.66. The molecule has 0 saturated heterocycles. The highest BCUT2D eigenvalue weighted by Crippen LogP contribution is 2.40. The smallest absolute Gasteiger partial charge is 0.394 e. The van der Waals surface area contributed by atoms with Crippen molar-refractivity contribution < 1.29 is 24.5 Å². The van der Waals surface area contributed by atoms with Gasteiger partial charge in [-0.2, -0.15) is 0 Å². The molecule has 28 heavy (non-hydrogen) atoms. The van der Waals surface area contributed by atoms with Crippen LogP contribution in [0.3, 0.4) is 0 Å². The van der Waals surface area contributed by atoms with E-state index in [2.05, 4.69) is 5.32 Å². The number of aromatic hydroxyl groups is 1. The first-order chi connectivity index (χ1) is 13.3. The summed E-state index contributed by atoms with van der Waals surface area (Å²) >= 11 is 0. The lowest BCUT2D eigenvalue weighted by Crippen LogP contribution is -2.21. The Labute approximate surface area is 164 Å². The van der Waals surface area contributed by atoms with Gasteiger partial charge in [0, 0.05) is 11.3 Å². The van der Waals surface area contributed by atoms with Crippen LogP contribution in [-0.2, 0) is 9.59 Å². The summed E-state index contributed by atoms with van der Waals surface area (Å²) in [6.07, 6.45) is 5.75. The largest absolute Gasteiger partial charge is 0.508 e. The van der Waals surface area contributed by atoms with Crippen LogP contribution in [0, 0.1) is 13.8 Å². The van der Waals surface area contributed by atoms with Crippen LogP contribution in [0.1, 0.15) is 54.7 Å². The maximum Gasteiger partial charge on any atom is 0.394 e. The number of rotatable bonds is 4. The van der Waals surface area contributed by atoms with Crippen LogP contribution in [0.25, 0.3) is 0 Å². The fraction of sp³-hybridized carbons (Fsp3) is 0.364. The highest BCUT2D eigenvalue weighted by Gasteiger charge is 2.20. The minimum Gasteiger partial charge on any atom is -0.508 e. The van der Waals surface area contributed by atoms with Crippen LogP contribution in [0.4, 0.5) is 5.69 Å². The van der Waals surface area contributed by atoms with Crippen LogP contribution in [0.5, 0.6) is 17.2 Å². The molecule has 0 bridgehead atoms. The van der Waals surface area contributed by atoms with Crippen LogP contribution in [0.2, 0.25) is 0 Å². The number of amides is 1. The number of ether oxygens (including phenoxy) is 1. The molecule has 6 heteroatoms. The van der Waals surface area contributed by atoms with Crippen LogP contribution >= 0.6 is 0 Å². The number of phenolic OH excluding ortho intramolecular Hbond substituents is 1. The molecule has 0 unspecified atom stereocenters. The summed E-state index contributed by atoms with van der Waals surface area (Å²) in [5.41, 5.74) is 2.88. The predicted octanol–water partition coefficient (Wildman–Crippen LogP) is 4.87. The highest BCUT2D eigenvalue weighted by molar-refractivity contribution is 6.36. The number of carbonyl (C=O) groups excluding carboxylic acids is 1. The van der Waals surface area contributed by atoms with Crippen LogP contribution < -0.4 is 10.1 Å². The predicted molar refractivity (Wildman–Crippen MR) is 106 cm³/mol. The van der Waals surface area contributed by atoms with Crippen molar-refractivity contribution >= 4 is 17.6 Å². The summed E-state index contributed by atoms with van der Waals surface area (Å²) < 4.78 is 6.09. The second-order valence-electron chi connectivity index (χ2n) is 7.36. The van der Waals surface area contributed by atoms with E-state index in [1.807, 2.05) is 19.9 Å². The number of aliphatic carboxylic acids is 1. The molecule has 6 nitrogen and oxygen atoms in total. The number of anilines is 1. The van der Waals surface area contributed by atoms with Gasteiger partial charge in [-0.1, -0.05) is 19.3 Å². The number of aryl methyl sites for hydroxylation is 2. The Kier molecular flexibility index (Phi) is 5.87. The van der Waals surface area contributed by atoms with E-state index in [1.54, 1.807) is 24.3 Å². The van der Waals surface area contributed by atoms with Gasteiger partial charge in [-0.25, -0.2) is 4.79 Å². The molecule has 148 valence electrons. The van der Waals surface area contributed by atoms with Crippen molar-refractivity contribution in [3.8, 4) is 17.2 Å². The monoisotopic (exact) mass is 383 g/mol. The van der Waals surface area contributed by atoms with Crippen LogP contribution in [0.15, 0.2) is 30.3 Å². The first-order valence-electron chi connectivity index (χ1n) is 9.51. The van der Waals surface area contributed by atoms with Gasteiger partial charge in [0.15, 0.2) is 0 Å². The maximum atomic E-state index is 11.4. The van der Waals surface area contributed by atoms with Crippen molar-refractivity contribution in [1.29, 1.82) is 0 Å². The molecule has 1 fully saturated rings. The van der Waals surface area contributed by atoms with E-state index in [4.69, 9.17) is 9.84 Å². The van der Waals surface area contributed by atoms with E-state index >= 15 is 0 Å². The van der Waals surface area contributed by atoms with E-state index in [-0.39, 0.29) is 0 Å². The van der Waals surface area contributed by atoms with Gasteiger partial charge in [-0.3, -0.25) is 4.79 Å². The summed E-state index contributed by atoms with van der Waals surface area (Å²) in [7, 11) is 0. The average molecular weight is 383 g/mol. The molecule has 1 aliphatic rings. The molecule has 1 amide bonds. The number of carbonyl (C=O) groups is 2. The molecule has 1 aliphatic carbocycles. The molecular weight excluding hydrogens is 358 g/mol. The summed E-state index contributed by atoms with van der Waals surface area (Å²) in [6.45, 7) is 3.67. The summed E-state index contributed by atoms with van der Waals surface area (Å²) in [4.78, 5) is 22.1. The molecule has 2 aromatic carbocycles. The summed E-state index contributed by atoms with van der Waals surface area (Å²) in [5, 5.41) is 21.4. The number of nitrogens with one attached hydrogen (secondary N) is 1. The number of phenols is 1. The third-order valence-electron chi connectivity index (χ3n) is 5.18. The fourth-order valence-electron chi connectivity index (χ4n) is 3.82. The number of carboxylic acid groups (broad SMARTS) is 1. The van der Waals surface area contributed by atoms with Gasteiger partial charge in [-0.15, -0.1) is 0 Å². The Hall–Kier alpha value is -3.02. The van der Waals surface area contributed by atoms with Gasteiger partial charge in [-0.05, 0) is 74.1 Å². The van der Waals surface area contributed by atoms with E-state index < -0.39 is 11.9 Å². The second-order valence-corrected chi connectivity index (χ2v) is 7.36. The SMILES string of the molecule is Cc1cc(NC(=O)C(=O)O)cc(C)c1Oc1ccc(O)c(C2CCCCC2)c1. The zero-order valence-electron chi connectivity index (χ0n) is 16.1. The van der Waals surface area contributed by atoms with Gasteiger partial charge in [0.25, 0.3) is 0 Å². The fourth-order valence-corrected chi connectivity index (χ4v) is 3.82. The van der Waals surface area contributed by atoms with Crippen molar-refractivity contribution in [1.82, 2.24) is 0 Å². The first-order valence-corrected chi connectivity index (χ1v) is 9.51. The van der Waals surface area contributed by atoms with E-state index in [0.29, 0.717) is 28.9 Å². The van der Waals surface area contributed by atoms with Gasteiger partial charge >= 0.3 is 11.9 Å². The first kappa shape index (κ1) is 19.7. The molecule has 0 atom stereocenters. The third kappa shape index (κ3) is 4.44. The van der Waals surface area contributed by atoms with Gasteiger partial charge in [0.05, 0.1) is 0 Å². The Morgan fingerprint density at radius 2 is 1.68 bits per heavy atom. The van der Waals surface area contributed by atoms with Crippen molar-refractivity contribution in [2.24, 2.45) is 0 Å². The maximum absolute atomic E-state index is 11.4. The number of carboxylic acids is 1. The zero-order valence-corrected chi connectivity index (χ0v) is 16.1. The van der Waals surface area contributed by atoms with E-state index in [0.717, 1.165) is 29.5 Å². The quantitative estimate of drug-likeness (QED) is 0.655. The molecule has 0 aromatic heterocycles. The molecule has 0 heterocycles.